The molecular formula is C45H57BF4N10O22P2. The molecule has 3 saturated heterocycles. The predicted octanol–water partition coefficient (Wildman–Crippen LogP) is 0.769. The van der Waals surface area contributed by atoms with Crippen LogP contribution in [0.1, 0.15) is 73.9 Å². The summed E-state index contributed by atoms with van der Waals surface area (Å²) in [4.78, 5) is 108. The standard InChI is InChI=1S/C45H56N10O22P2.BF4/c1-26-19-53(43(62)48-40(26)59)35-15-29(75-39(58)18-38(57)67-14-11-52-10-9-51(4)25-52)33(73-35)23-70-79(66,69-13-6-8-47)77-31-17-37(55-21-28(3)42(61)50-45(55)64)74-34(31)24-71-78(65,68-12-5-7-46)76-30-16-36(72-32(30)22-56)54-20-27(2)41(60)49-44(54)63;2-1(3,4)5/h9-10,19-21,25,29-37,56H,5-6,11-18,22-24H2,1-4H3,(H2-,48,49,50,59,60,61,62,63,64);/q;-1/p+1/t29-,30-,31-,32+,33+,34+,35+,36+,37+,78?,79?;/m0./s1. The number of phosphoric ester groups is 2. The van der Waals surface area contributed by atoms with Crippen molar-refractivity contribution in [2.24, 2.45) is 7.05 Å². The van der Waals surface area contributed by atoms with Crippen molar-refractivity contribution in [1.29, 1.82) is 10.5 Å². The van der Waals surface area contributed by atoms with E-state index in [1.165, 1.54) is 39.4 Å². The number of carbonyl (C=O) groups excluding carboxylic acids is 2. The highest BCUT2D eigenvalue weighted by molar-refractivity contribution is 7.48. The molecule has 0 aliphatic carbocycles. The van der Waals surface area contributed by atoms with Crippen LogP contribution in [-0.4, -0.2) is 134 Å². The highest BCUT2D eigenvalue weighted by atomic mass is 31.2. The number of carbonyl (C=O) groups is 2. The minimum Gasteiger partial charge on any atom is -0.461 e. The second-order valence-electron chi connectivity index (χ2n) is 18.7. The fraction of sp³-hybridized carbons (Fsp3) is 0.578. The van der Waals surface area contributed by atoms with E-state index in [2.05, 4.69) is 15.0 Å². The van der Waals surface area contributed by atoms with E-state index in [1.807, 2.05) is 12.1 Å². The van der Waals surface area contributed by atoms with E-state index in [0.29, 0.717) is 0 Å². The Hall–Kier alpha value is -6.99. The number of hydrogen-bond donors (Lipinski definition) is 4. The second kappa shape index (κ2) is 29.2. The molecule has 7 rings (SSSR count). The Labute approximate surface area is 470 Å². The molecule has 32 nitrogen and oxygen atoms in total. The summed E-state index contributed by atoms with van der Waals surface area (Å²) < 4.78 is 138. The topological polar surface area (TPSA) is 411 Å². The lowest BCUT2D eigenvalue weighted by Crippen LogP contribution is -2.34. The van der Waals surface area contributed by atoms with Crippen LogP contribution in [0.15, 0.2) is 66.1 Å². The van der Waals surface area contributed by atoms with Crippen molar-refractivity contribution in [2.45, 2.75) is 121 Å². The Balaban J connectivity index is 0.00000217. The number of halogens is 4. The fourth-order valence-electron chi connectivity index (χ4n) is 8.37. The first-order chi connectivity index (χ1) is 39.6. The Kier molecular flexibility index (Phi) is 23.0. The number of aliphatic hydroxyl groups excluding tert-OH is 1. The number of aromatic amines is 3. The number of nitrogens with one attached hydrogen (secondary N) is 3. The van der Waals surface area contributed by atoms with Gasteiger partial charge in [-0.15, -0.1) is 0 Å². The summed E-state index contributed by atoms with van der Waals surface area (Å²) in [5.74, 6) is -2.01. The van der Waals surface area contributed by atoms with Gasteiger partial charge in [0, 0.05) is 54.5 Å². The molecule has 39 heteroatoms. The van der Waals surface area contributed by atoms with E-state index >= 15 is 0 Å². The summed E-state index contributed by atoms with van der Waals surface area (Å²) in [5.41, 5.74) is -4.46. The summed E-state index contributed by atoms with van der Waals surface area (Å²) >= 11 is 0. The molecule has 0 aromatic carbocycles. The molecule has 3 aliphatic rings. The Morgan fingerprint density at radius 2 is 1.08 bits per heavy atom. The normalized spacial score (nSPS) is 23.6. The molecule has 4 aromatic rings. The molecule has 3 fully saturated rings. The lowest BCUT2D eigenvalue weighted by atomic mass is 10.2. The molecule has 2 unspecified atom stereocenters. The van der Waals surface area contributed by atoms with Gasteiger partial charge < -0.3 is 46.1 Å². The van der Waals surface area contributed by atoms with Crippen molar-refractivity contribution >= 4 is 34.8 Å². The number of hydrogen-bond acceptors (Lipinski definition) is 24. The van der Waals surface area contributed by atoms with E-state index < -0.39 is 170 Å². The smallest absolute Gasteiger partial charge is 0.461 e. The first-order valence-corrected chi connectivity index (χ1v) is 28.2. The van der Waals surface area contributed by atoms with Gasteiger partial charge >= 0.3 is 51.9 Å². The molecule has 0 radical (unpaired) electrons. The van der Waals surface area contributed by atoms with Crippen LogP contribution in [0.5, 0.6) is 0 Å². The molecule has 11 atom stereocenters. The van der Waals surface area contributed by atoms with Gasteiger partial charge in [-0.05, 0) is 20.8 Å². The van der Waals surface area contributed by atoms with Gasteiger partial charge in [0.1, 0.15) is 87.3 Å². The average molecular weight is 1240 g/mol. The van der Waals surface area contributed by atoms with Crippen LogP contribution in [0.3, 0.4) is 0 Å². The highest BCUT2D eigenvalue weighted by Crippen LogP contribution is 2.56. The lowest BCUT2D eigenvalue weighted by Gasteiger charge is -2.27. The van der Waals surface area contributed by atoms with E-state index in [-0.39, 0.29) is 55.5 Å². The molecule has 460 valence electrons. The van der Waals surface area contributed by atoms with Crippen LogP contribution in [0, 0.1) is 43.4 Å². The van der Waals surface area contributed by atoms with Gasteiger partial charge in [-0.3, -0.25) is 79.8 Å². The molecule has 0 bridgehead atoms. The van der Waals surface area contributed by atoms with E-state index in [9.17, 15) is 80.4 Å². The summed E-state index contributed by atoms with van der Waals surface area (Å²) in [5, 5.41) is 28.9. The van der Waals surface area contributed by atoms with Crippen molar-refractivity contribution in [2.75, 3.05) is 39.6 Å². The van der Waals surface area contributed by atoms with Crippen molar-refractivity contribution in [3.63, 3.8) is 0 Å². The summed E-state index contributed by atoms with van der Waals surface area (Å²) in [6, 6.07) is 3.64. The van der Waals surface area contributed by atoms with Gasteiger partial charge in [0.15, 0.2) is 0 Å². The van der Waals surface area contributed by atoms with E-state index in [1.54, 1.807) is 34.9 Å². The Morgan fingerprint density at radius 1 is 0.679 bits per heavy atom. The van der Waals surface area contributed by atoms with Crippen LogP contribution >= 0.6 is 15.6 Å². The molecule has 0 amide bonds. The monoisotopic (exact) mass is 1240 g/mol. The third kappa shape index (κ3) is 18.8. The predicted molar refractivity (Wildman–Crippen MR) is 271 cm³/mol. The van der Waals surface area contributed by atoms with E-state index in [0.717, 1.165) is 13.7 Å². The first kappa shape index (κ1) is 66.2. The lowest BCUT2D eigenvalue weighted by molar-refractivity contribution is -0.671. The SMILES string of the molecule is Cc1cn([C@H]2C[C@H](OC(=O)CC(=O)OCCn3cc[n+](C)c3)[C@@H](COP(=O)(OCCC#N)O[C@H]3C[C@H](n4cc(C)c(=O)[nH]c4=O)O[C@@H]3COP(=O)(OCCC#N)O[C@H]3C[C@H](n4cc(C)c(=O)[nH]c4=O)O[C@@H]3CO)O2)c(=O)[nH]c1=O.F[B-](F)(F)F. The zero-order valence-electron chi connectivity index (χ0n) is 45.0. The third-order valence-electron chi connectivity index (χ3n) is 12.3. The number of aliphatic hydroxyl groups is 1. The Bertz CT molecular complexity index is 3530. The van der Waals surface area contributed by atoms with Gasteiger partial charge in [-0.1, -0.05) is 0 Å². The number of nitriles is 2. The van der Waals surface area contributed by atoms with E-state index in [4.69, 9.17) is 50.8 Å². The van der Waals surface area contributed by atoms with Gasteiger partial charge in [0.25, 0.3) is 16.7 Å². The summed E-state index contributed by atoms with van der Waals surface area (Å²) in [6.07, 6.45) is -5.91. The number of aromatic nitrogens is 8. The zero-order chi connectivity index (χ0) is 61.7. The number of ether oxygens (including phenoxy) is 5. The molecule has 84 heavy (non-hydrogen) atoms. The van der Waals surface area contributed by atoms with Crippen molar-refractivity contribution in [3.8, 4) is 12.1 Å². The second-order valence-corrected chi connectivity index (χ2v) is 22.0. The molecule has 7 heterocycles. The number of nitrogens with zero attached hydrogens (tertiary/aromatic N) is 7. The van der Waals surface area contributed by atoms with Gasteiger partial charge in [-0.2, -0.15) is 10.5 Å². The maximum atomic E-state index is 14.9. The van der Waals surface area contributed by atoms with Crippen LogP contribution in [0.2, 0.25) is 0 Å². The van der Waals surface area contributed by atoms with Gasteiger partial charge in [0.2, 0.25) is 6.33 Å². The minimum absolute atomic E-state index is 0.0660. The van der Waals surface area contributed by atoms with Gasteiger partial charge in [0.05, 0.1) is 65.1 Å². The summed E-state index contributed by atoms with van der Waals surface area (Å²) in [7, 11) is -14.2. The van der Waals surface area contributed by atoms with Crippen LogP contribution < -0.4 is 38.3 Å². The largest absolute Gasteiger partial charge is 0.673 e. The zero-order valence-corrected chi connectivity index (χ0v) is 46.8. The third-order valence-corrected chi connectivity index (χ3v) is 15.3. The number of imidazole rings is 1. The van der Waals surface area contributed by atoms with Crippen LogP contribution in [-0.2, 0) is 83.1 Å². The number of H-pyrrole nitrogens is 3. The van der Waals surface area contributed by atoms with Crippen molar-refractivity contribution in [1.82, 2.24) is 33.2 Å². The molecule has 3 aliphatic heterocycles. The van der Waals surface area contributed by atoms with Crippen LogP contribution in [0.25, 0.3) is 0 Å². The number of rotatable bonds is 26. The molecule has 4 N–H and O–H groups in total. The first-order valence-electron chi connectivity index (χ1n) is 25.3. The quantitative estimate of drug-likeness (QED) is 0.0128. The summed E-state index contributed by atoms with van der Waals surface area (Å²) in [6.45, 7) is 0.926. The minimum atomic E-state index is -6.00. The number of aryl methyl sites for hydroxylation is 4. The molecule has 0 spiro atoms. The maximum absolute atomic E-state index is 14.9. The molecular weight excluding hydrogens is 1180 g/mol. The highest BCUT2D eigenvalue weighted by Gasteiger charge is 2.48. The average Bonchev–Trinajstić information content (AvgIpc) is 2.99. The Morgan fingerprint density at radius 3 is 1.49 bits per heavy atom. The maximum Gasteiger partial charge on any atom is 0.673 e. The number of esters is 2. The van der Waals surface area contributed by atoms with Crippen molar-refractivity contribution < 1.29 is 96.5 Å². The van der Waals surface area contributed by atoms with Gasteiger partial charge in [-0.25, -0.2) is 32.6 Å². The fourth-order valence-corrected chi connectivity index (χ4v) is 11.2. The molecule has 4 aromatic heterocycles. The number of phosphoric acid groups is 2. The molecule has 0 saturated carbocycles. The van der Waals surface area contributed by atoms with Crippen LogP contribution in [0.4, 0.5) is 17.3 Å². The van der Waals surface area contributed by atoms with Crippen molar-refractivity contribution in [3.05, 3.63) is 117 Å².